The van der Waals surface area contributed by atoms with Crippen molar-refractivity contribution in [3.05, 3.63) is 70.7 Å². The Balaban J connectivity index is 1.03. The topological polar surface area (TPSA) is 175 Å². The fraction of sp³-hybridized carbons (Fsp3) is 0.512. The number of hydrogen-bond donors (Lipinski definition) is 4. The number of carbonyl (C=O) groups is 4. The number of benzene rings is 1. The molecule has 0 unspecified atom stereocenters. The van der Waals surface area contributed by atoms with Crippen molar-refractivity contribution >= 4 is 35.3 Å². The lowest BCUT2D eigenvalue weighted by Crippen LogP contribution is -2.51. The highest BCUT2D eigenvalue weighted by Gasteiger charge is 2.39. The minimum atomic E-state index is -0.682. The van der Waals surface area contributed by atoms with Crippen LogP contribution in [0.1, 0.15) is 99.6 Å². The molecule has 2 saturated heterocycles. The average Bonchev–Trinajstić information content (AvgIpc) is 4.04. The number of fused-ring (bicyclic) bond motifs is 2. The minimum Gasteiger partial charge on any atom is -0.453 e. The monoisotopic (exact) mass is 784 g/mol. The normalized spacial score (nSPS) is 19.0. The molecule has 4 aromatic rings. The number of hydrogen-bond acceptors (Lipinski definition) is 9. The van der Waals surface area contributed by atoms with Crippen molar-refractivity contribution in [3.63, 3.8) is 0 Å². The van der Waals surface area contributed by atoms with E-state index >= 15 is 0 Å². The number of H-pyrrole nitrogens is 2. The number of rotatable bonds is 10. The third-order valence-electron chi connectivity index (χ3n) is 11.3. The lowest BCUT2D eigenvalue weighted by atomic mass is 9.99. The summed E-state index contributed by atoms with van der Waals surface area (Å²) in [5.74, 6) is 1.13. The first kappa shape index (κ1) is 39.1. The molecule has 7 rings (SSSR count). The number of ether oxygens (including phenoxy) is 2. The van der Waals surface area contributed by atoms with Crippen molar-refractivity contribution in [2.24, 2.45) is 11.8 Å². The molecule has 4 N–H and O–H groups in total. The van der Waals surface area contributed by atoms with E-state index in [4.69, 9.17) is 19.4 Å². The summed E-state index contributed by atoms with van der Waals surface area (Å²) in [6, 6.07) is 9.24. The van der Waals surface area contributed by atoms with Crippen molar-refractivity contribution in [2.75, 3.05) is 27.3 Å². The summed E-state index contributed by atoms with van der Waals surface area (Å²) in [7, 11) is 2.60. The molecule has 1 aliphatic carbocycles. The van der Waals surface area contributed by atoms with Gasteiger partial charge in [-0.05, 0) is 79.2 Å². The summed E-state index contributed by atoms with van der Waals surface area (Å²) in [6.07, 6.45) is 6.35. The molecule has 1 aromatic carbocycles. The number of amides is 4. The molecule has 3 aromatic heterocycles. The van der Waals surface area contributed by atoms with E-state index in [9.17, 15) is 19.2 Å². The predicted octanol–water partition coefficient (Wildman–Crippen LogP) is 6.31. The molecule has 0 radical (unpaired) electrons. The zero-order valence-corrected chi connectivity index (χ0v) is 33.8. The smallest absolute Gasteiger partial charge is 0.407 e. The Morgan fingerprint density at radius 1 is 0.786 bits per heavy atom. The molecule has 4 atom stereocenters. The molecule has 298 valence electrons. The molecule has 0 spiro atoms. The fourth-order valence-corrected chi connectivity index (χ4v) is 9.23. The summed E-state index contributed by atoms with van der Waals surface area (Å²) in [6.45, 7) is 8.88. The maximum atomic E-state index is 13.7. The van der Waals surface area contributed by atoms with Crippen molar-refractivity contribution in [1.82, 2.24) is 40.4 Å². The zero-order valence-electron chi connectivity index (χ0n) is 32.9. The van der Waals surface area contributed by atoms with Gasteiger partial charge in [-0.1, -0.05) is 45.9 Å². The first-order valence-corrected chi connectivity index (χ1v) is 20.4. The summed E-state index contributed by atoms with van der Waals surface area (Å²) in [4.78, 5) is 74.0. The highest BCUT2D eigenvalue weighted by Crippen LogP contribution is 2.39. The van der Waals surface area contributed by atoms with Crippen molar-refractivity contribution in [2.45, 2.75) is 96.8 Å². The van der Waals surface area contributed by atoms with E-state index in [2.05, 4.69) is 50.9 Å². The summed E-state index contributed by atoms with van der Waals surface area (Å²) >= 11 is 1.70. The molecule has 0 bridgehead atoms. The molecule has 2 fully saturated rings. The summed E-state index contributed by atoms with van der Waals surface area (Å²) in [5, 5.41) is 5.43. The Morgan fingerprint density at radius 3 is 2.00 bits per heavy atom. The average molecular weight is 785 g/mol. The van der Waals surface area contributed by atoms with Gasteiger partial charge in [0, 0.05) is 30.1 Å². The van der Waals surface area contributed by atoms with Gasteiger partial charge in [0.2, 0.25) is 11.8 Å². The molecule has 3 aliphatic rings. The standard InChI is InChI=1S/C41H52N8O6S/c1-22(2)34(46-40(52)54-5)38(50)48-17-7-9-30(48)36-42-21-29(45-36)33-16-15-32(56-33)26-12-11-25-20-28-27(14-13-24(25)19-26)43-37(44-28)31-10-8-18-49(31)39(51)35(23(3)4)47-41(53)55-6/h11-12,15-16,19,21-23,30-31,34-35H,7-10,13-14,17-18,20H2,1-6H3,(H,42,45)(H,43,44)(H,46,52)(H,47,53)/t30-,31-,34-,35-/m0/s1. The van der Waals surface area contributed by atoms with Crippen LogP contribution in [0.15, 0.2) is 36.5 Å². The van der Waals surface area contributed by atoms with Crippen molar-refractivity contribution in [3.8, 4) is 21.0 Å². The molecular weight excluding hydrogens is 733 g/mol. The molecular formula is C41H52N8O6S. The number of aromatic amines is 2. The second kappa shape index (κ2) is 16.5. The Hall–Kier alpha value is -5.18. The van der Waals surface area contributed by atoms with Gasteiger partial charge in [0.05, 0.1) is 48.8 Å². The first-order valence-electron chi connectivity index (χ1n) is 19.6. The molecule has 15 heteroatoms. The summed E-state index contributed by atoms with van der Waals surface area (Å²) < 4.78 is 9.56. The third-order valence-corrected chi connectivity index (χ3v) is 12.5. The molecule has 56 heavy (non-hydrogen) atoms. The van der Waals surface area contributed by atoms with E-state index in [0.717, 1.165) is 89.0 Å². The van der Waals surface area contributed by atoms with E-state index in [-0.39, 0.29) is 35.7 Å². The zero-order chi connectivity index (χ0) is 39.7. The van der Waals surface area contributed by atoms with Gasteiger partial charge < -0.3 is 39.9 Å². The number of thiophene rings is 1. The van der Waals surface area contributed by atoms with E-state index in [1.54, 1.807) is 11.3 Å². The third kappa shape index (κ3) is 7.91. The second-order valence-electron chi connectivity index (χ2n) is 15.6. The van der Waals surface area contributed by atoms with Crippen molar-refractivity contribution < 1.29 is 28.7 Å². The van der Waals surface area contributed by atoms with Crippen LogP contribution in [-0.2, 0) is 38.3 Å². The molecule has 14 nitrogen and oxygen atoms in total. The van der Waals surface area contributed by atoms with Gasteiger partial charge in [-0.15, -0.1) is 11.3 Å². The van der Waals surface area contributed by atoms with Gasteiger partial charge in [-0.25, -0.2) is 19.6 Å². The van der Waals surface area contributed by atoms with E-state index in [1.165, 1.54) is 25.3 Å². The number of likely N-dealkylation sites (tertiary alicyclic amines) is 2. The molecule has 2 aliphatic heterocycles. The van der Waals surface area contributed by atoms with Crippen LogP contribution in [0.4, 0.5) is 9.59 Å². The van der Waals surface area contributed by atoms with Crippen LogP contribution in [0.3, 0.4) is 0 Å². The largest absolute Gasteiger partial charge is 0.453 e. The Labute approximate surface area is 331 Å². The number of aromatic nitrogens is 4. The van der Waals surface area contributed by atoms with Gasteiger partial charge in [-0.3, -0.25) is 9.59 Å². The van der Waals surface area contributed by atoms with Crippen LogP contribution >= 0.6 is 11.3 Å². The SMILES string of the molecule is COC(=O)N[C@H](C(=O)N1CCC[C@H]1c1ncc(-c2ccc(-c3ccc4c(c3)CCc3nc([C@@H]5CCCN5C(=O)[C@@H](NC(=O)OC)C(C)C)[nH]c3C4)s2)[nH]1)C(C)C. The van der Waals surface area contributed by atoms with Gasteiger partial charge >= 0.3 is 12.2 Å². The fourth-order valence-electron chi connectivity index (χ4n) is 8.26. The van der Waals surface area contributed by atoms with Crippen LogP contribution in [0.5, 0.6) is 0 Å². The number of aryl methyl sites for hydroxylation is 2. The lowest BCUT2D eigenvalue weighted by molar-refractivity contribution is -0.136. The highest BCUT2D eigenvalue weighted by molar-refractivity contribution is 7.18. The van der Waals surface area contributed by atoms with E-state index in [1.807, 2.05) is 43.7 Å². The molecule has 5 heterocycles. The highest BCUT2D eigenvalue weighted by atomic mass is 32.1. The number of alkyl carbamates (subject to hydrolysis) is 2. The minimum absolute atomic E-state index is 0.0915. The van der Waals surface area contributed by atoms with Gasteiger partial charge in [0.15, 0.2) is 0 Å². The van der Waals surface area contributed by atoms with E-state index < -0.39 is 24.3 Å². The quantitative estimate of drug-likeness (QED) is 0.145. The van der Waals surface area contributed by atoms with Gasteiger partial charge in [-0.2, -0.15) is 0 Å². The lowest BCUT2D eigenvalue weighted by Gasteiger charge is -2.30. The van der Waals surface area contributed by atoms with Crippen molar-refractivity contribution in [1.29, 1.82) is 0 Å². The molecule has 0 saturated carbocycles. The second-order valence-corrected chi connectivity index (χ2v) is 16.7. The number of nitrogens with one attached hydrogen (secondary N) is 4. The summed E-state index contributed by atoms with van der Waals surface area (Å²) in [5.41, 5.74) is 6.75. The van der Waals surface area contributed by atoms with Crippen LogP contribution in [0.2, 0.25) is 0 Å². The predicted molar refractivity (Wildman–Crippen MR) is 212 cm³/mol. The van der Waals surface area contributed by atoms with Crippen LogP contribution < -0.4 is 10.6 Å². The molecule has 4 amide bonds. The van der Waals surface area contributed by atoms with Crippen LogP contribution in [0, 0.1) is 11.8 Å². The van der Waals surface area contributed by atoms with Crippen LogP contribution in [0.25, 0.3) is 21.0 Å². The first-order chi connectivity index (χ1) is 26.9. The Kier molecular flexibility index (Phi) is 11.5. The number of imidazole rings is 2. The van der Waals surface area contributed by atoms with Gasteiger partial charge in [0.25, 0.3) is 0 Å². The van der Waals surface area contributed by atoms with Crippen LogP contribution in [-0.4, -0.2) is 93.1 Å². The Bertz CT molecular complexity index is 2090. The number of nitrogens with zero attached hydrogens (tertiary/aromatic N) is 4. The van der Waals surface area contributed by atoms with E-state index in [0.29, 0.717) is 13.1 Å². The van der Waals surface area contributed by atoms with Gasteiger partial charge in [0.1, 0.15) is 23.7 Å². The Morgan fingerprint density at radius 2 is 1.39 bits per heavy atom. The maximum Gasteiger partial charge on any atom is 0.407 e. The number of methoxy groups -OCH3 is 2. The maximum absolute atomic E-state index is 13.7. The number of carbonyl (C=O) groups excluding carboxylic acids is 4.